The van der Waals surface area contributed by atoms with Crippen LogP contribution in [-0.2, 0) is 0 Å². The van der Waals surface area contributed by atoms with Gasteiger partial charge in [0.15, 0.2) is 0 Å². The van der Waals surface area contributed by atoms with Crippen LogP contribution >= 0.6 is 0 Å². The fraction of sp³-hybridized carbons (Fsp3) is 0.900. The third-order valence-corrected chi connectivity index (χ3v) is 5.68. The summed E-state index contributed by atoms with van der Waals surface area (Å²) in [5.41, 5.74) is 0. The number of amides is 4. The van der Waals surface area contributed by atoms with Crippen molar-refractivity contribution >= 4 is 12.1 Å². The largest absolute Gasteiger partial charge is 0.338 e. The van der Waals surface area contributed by atoms with E-state index in [0.29, 0.717) is 24.4 Å². The quantitative estimate of drug-likeness (QED) is 0.645. The zero-order valence-electron chi connectivity index (χ0n) is 16.7. The number of urea groups is 2. The summed E-state index contributed by atoms with van der Waals surface area (Å²) >= 11 is 0. The second-order valence-electron chi connectivity index (χ2n) is 8.37. The van der Waals surface area contributed by atoms with Crippen molar-refractivity contribution in [3.63, 3.8) is 0 Å². The van der Waals surface area contributed by atoms with Crippen molar-refractivity contribution in [2.24, 2.45) is 11.8 Å². The molecule has 6 heteroatoms. The van der Waals surface area contributed by atoms with Gasteiger partial charge in [-0.3, -0.25) is 0 Å². The van der Waals surface area contributed by atoms with Crippen molar-refractivity contribution < 1.29 is 9.59 Å². The van der Waals surface area contributed by atoms with Crippen LogP contribution in [0, 0.1) is 11.8 Å². The maximum atomic E-state index is 12.4. The van der Waals surface area contributed by atoms with Gasteiger partial charge in [-0.25, -0.2) is 9.59 Å². The van der Waals surface area contributed by atoms with E-state index < -0.39 is 0 Å². The van der Waals surface area contributed by atoms with Gasteiger partial charge in [0.1, 0.15) is 0 Å². The van der Waals surface area contributed by atoms with E-state index in [9.17, 15) is 9.59 Å². The molecule has 1 aliphatic heterocycles. The van der Waals surface area contributed by atoms with Crippen LogP contribution < -0.4 is 16.0 Å². The van der Waals surface area contributed by atoms with Crippen LogP contribution in [0.3, 0.4) is 0 Å². The molecule has 0 spiro atoms. The van der Waals surface area contributed by atoms with Gasteiger partial charge in [0, 0.05) is 32.2 Å². The predicted molar refractivity (Wildman–Crippen MR) is 105 cm³/mol. The molecule has 0 aromatic carbocycles. The molecule has 0 radical (unpaired) electrons. The third kappa shape index (κ3) is 7.83. The summed E-state index contributed by atoms with van der Waals surface area (Å²) in [6, 6.07) is 0.445. The first-order valence-electron chi connectivity index (χ1n) is 10.6. The van der Waals surface area contributed by atoms with Crippen LogP contribution in [0.5, 0.6) is 0 Å². The van der Waals surface area contributed by atoms with Crippen LogP contribution in [0.2, 0.25) is 0 Å². The number of piperidine rings is 1. The lowest BCUT2D eigenvalue weighted by atomic mass is 9.93. The minimum absolute atomic E-state index is 0.0602. The van der Waals surface area contributed by atoms with Crippen LogP contribution in [-0.4, -0.2) is 49.2 Å². The van der Waals surface area contributed by atoms with E-state index in [2.05, 4.69) is 29.8 Å². The molecule has 2 fully saturated rings. The van der Waals surface area contributed by atoms with Crippen molar-refractivity contribution in [1.82, 2.24) is 20.9 Å². The fourth-order valence-corrected chi connectivity index (χ4v) is 3.86. The molecule has 0 unspecified atom stereocenters. The topological polar surface area (TPSA) is 73.5 Å². The zero-order valence-corrected chi connectivity index (χ0v) is 16.7. The molecule has 1 saturated carbocycles. The number of rotatable bonds is 7. The van der Waals surface area contributed by atoms with E-state index in [-0.39, 0.29) is 12.1 Å². The SMILES string of the molecule is CC(C)CCNC(=O)NCCC1CCN(C(=O)NC2CCCCC2)CC1. The summed E-state index contributed by atoms with van der Waals surface area (Å²) in [6.45, 7) is 7.43. The van der Waals surface area contributed by atoms with Crippen molar-refractivity contribution in [3.8, 4) is 0 Å². The minimum atomic E-state index is -0.0602. The minimum Gasteiger partial charge on any atom is -0.338 e. The first-order chi connectivity index (χ1) is 12.5. The Morgan fingerprint density at radius 1 is 0.962 bits per heavy atom. The number of likely N-dealkylation sites (tertiary alicyclic amines) is 1. The number of carbonyl (C=O) groups excluding carboxylic acids is 2. The van der Waals surface area contributed by atoms with Gasteiger partial charge in [0.25, 0.3) is 0 Å². The molecular formula is C20H38N4O2. The summed E-state index contributed by atoms with van der Waals surface area (Å²) < 4.78 is 0. The highest BCUT2D eigenvalue weighted by Gasteiger charge is 2.24. The second-order valence-corrected chi connectivity index (χ2v) is 8.37. The Hall–Kier alpha value is -1.46. The first-order valence-corrected chi connectivity index (χ1v) is 10.6. The van der Waals surface area contributed by atoms with Crippen molar-refractivity contribution in [2.45, 2.75) is 77.7 Å². The lowest BCUT2D eigenvalue weighted by molar-refractivity contribution is 0.162. The summed E-state index contributed by atoms with van der Waals surface area (Å²) in [4.78, 5) is 26.1. The van der Waals surface area contributed by atoms with Gasteiger partial charge in [-0.1, -0.05) is 33.1 Å². The number of carbonyl (C=O) groups is 2. The van der Waals surface area contributed by atoms with E-state index in [0.717, 1.165) is 58.2 Å². The Morgan fingerprint density at radius 3 is 2.27 bits per heavy atom. The van der Waals surface area contributed by atoms with E-state index in [1.807, 2.05) is 4.90 Å². The monoisotopic (exact) mass is 366 g/mol. The Kier molecular flexibility index (Phi) is 9.06. The molecule has 1 heterocycles. The molecule has 0 aromatic heterocycles. The highest BCUT2D eigenvalue weighted by molar-refractivity contribution is 5.74. The third-order valence-electron chi connectivity index (χ3n) is 5.68. The van der Waals surface area contributed by atoms with Gasteiger partial charge < -0.3 is 20.9 Å². The van der Waals surface area contributed by atoms with Gasteiger partial charge in [-0.2, -0.15) is 0 Å². The van der Waals surface area contributed by atoms with Crippen molar-refractivity contribution in [1.29, 1.82) is 0 Å². The van der Waals surface area contributed by atoms with Crippen LogP contribution in [0.15, 0.2) is 0 Å². The zero-order chi connectivity index (χ0) is 18.8. The first kappa shape index (κ1) is 20.8. The predicted octanol–water partition coefficient (Wildman–Crippen LogP) is 3.48. The molecule has 0 bridgehead atoms. The molecule has 0 atom stereocenters. The highest BCUT2D eigenvalue weighted by atomic mass is 16.2. The second kappa shape index (κ2) is 11.3. The fourth-order valence-electron chi connectivity index (χ4n) is 3.86. The Bertz CT molecular complexity index is 428. The summed E-state index contributed by atoms with van der Waals surface area (Å²) in [7, 11) is 0. The van der Waals surface area contributed by atoms with Gasteiger partial charge in [0.2, 0.25) is 0 Å². The summed E-state index contributed by atoms with van der Waals surface area (Å²) in [6.07, 6.45) is 10.1. The molecule has 2 rings (SSSR count). The van der Waals surface area contributed by atoms with E-state index in [1.165, 1.54) is 19.3 Å². The Balaban J connectivity index is 1.54. The van der Waals surface area contributed by atoms with E-state index >= 15 is 0 Å². The Labute approximate surface area is 158 Å². The molecule has 150 valence electrons. The number of nitrogens with one attached hydrogen (secondary N) is 3. The van der Waals surface area contributed by atoms with Crippen LogP contribution in [0.4, 0.5) is 9.59 Å². The average Bonchev–Trinajstić information content (AvgIpc) is 2.63. The van der Waals surface area contributed by atoms with Gasteiger partial charge in [-0.05, 0) is 50.4 Å². The van der Waals surface area contributed by atoms with Crippen molar-refractivity contribution in [2.75, 3.05) is 26.2 Å². The molecule has 1 aliphatic carbocycles. The molecule has 3 N–H and O–H groups in total. The maximum Gasteiger partial charge on any atom is 0.317 e. The summed E-state index contributed by atoms with van der Waals surface area (Å²) in [5.74, 6) is 1.21. The number of nitrogens with zero attached hydrogens (tertiary/aromatic N) is 1. The molecule has 4 amide bonds. The molecule has 1 saturated heterocycles. The molecule has 6 nitrogen and oxygen atoms in total. The van der Waals surface area contributed by atoms with E-state index in [1.54, 1.807) is 0 Å². The highest BCUT2D eigenvalue weighted by Crippen LogP contribution is 2.21. The molecule has 0 aromatic rings. The Morgan fingerprint density at radius 2 is 1.62 bits per heavy atom. The average molecular weight is 367 g/mol. The summed E-state index contributed by atoms with van der Waals surface area (Å²) in [5, 5.41) is 9.06. The molecule has 2 aliphatic rings. The standard InChI is InChI=1S/C20H38N4O2/c1-16(2)8-12-21-19(25)22-13-9-17-10-14-24(15-11-17)20(26)23-18-6-4-3-5-7-18/h16-18H,3-15H2,1-2H3,(H,23,26)(H2,21,22,25). The lowest BCUT2D eigenvalue weighted by Gasteiger charge is -2.34. The van der Waals surface area contributed by atoms with Gasteiger partial charge in [-0.15, -0.1) is 0 Å². The van der Waals surface area contributed by atoms with Crippen LogP contribution in [0.25, 0.3) is 0 Å². The lowest BCUT2D eigenvalue weighted by Crippen LogP contribution is -2.48. The van der Waals surface area contributed by atoms with Crippen LogP contribution in [0.1, 0.15) is 71.6 Å². The number of hydrogen-bond acceptors (Lipinski definition) is 2. The van der Waals surface area contributed by atoms with Gasteiger partial charge >= 0.3 is 12.1 Å². The molecular weight excluding hydrogens is 328 g/mol. The normalized spacial score (nSPS) is 19.4. The van der Waals surface area contributed by atoms with E-state index in [4.69, 9.17) is 0 Å². The maximum absolute atomic E-state index is 12.4. The van der Waals surface area contributed by atoms with Gasteiger partial charge in [0.05, 0.1) is 0 Å². The smallest absolute Gasteiger partial charge is 0.317 e. The van der Waals surface area contributed by atoms with Crippen molar-refractivity contribution in [3.05, 3.63) is 0 Å². The molecule has 26 heavy (non-hydrogen) atoms. The number of hydrogen-bond donors (Lipinski definition) is 3.